The van der Waals surface area contributed by atoms with Gasteiger partial charge in [0.05, 0.1) is 22.6 Å². The van der Waals surface area contributed by atoms with Crippen molar-refractivity contribution in [2.24, 2.45) is 0 Å². The Bertz CT molecular complexity index is 1260. The van der Waals surface area contributed by atoms with E-state index in [9.17, 15) is 4.79 Å². The van der Waals surface area contributed by atoms with Crippen molar-refractivity contribution >= 4 is 16.9 Å². The maximum atomic E-state index is 13.5. The predicted octanol–water partition coefficient (Wildman–Crippen LogP) is 5.39. The molecule has 1 aliphatic heterocycles. The molecule has 1 aromatic heterocycles. The molecule has 0 spiro atoms. The zero-order chi connectivity index (χ0) is 20.7. The van der Waals surface area contributed by atoms with E-state index in [0.717, 1.165) is 28.0 Å². The van der Waals surface area contributed by atoms with E-state index in [-0.39, 0.29) is 11.9 Å². The van der Waals surface area contributed by atoms with E-state index < -0.39 is 0 Å². The van der Waals surface area contributed by atoms with Gasteiger partial charge in [0, 0.05) is 18.7 Å². The molecule has 0 unspecified atom stereocenters. The van der Waals surface area contributed by atoms with Crippen molar-refractivity contribution in [1.82, 2.24) is 14.5 Å². The van der Waals surface area contributed by atoms with Gasteiger partial charge in [-0.1, -0.05) is 66.2 Å². The van der Waals surface area contributed by atoms with E-state index in [1.807, 2.05) is 53.4 Å². The lowest BCUT2D eigenvalue weighted by atomic mass is 10.1. The molecule has 0 saturated carbocycles. The third-order valence-corrected chi connectivity index (χ3v) is 5.73. The summed E-state index contributed by atoms with van der Waals surface area (Å²) in [6.07, 6.45) is 1.92. The summed E-state index contributed by atoms with van der Waals surface area (Å²) in [5, 5.41) is 0. The first-order chi connectivity index (χ1) is 14.7. The first-order valence-electron chi connectivity index (χ1n) is 10.2. The molecule has 3 aromatic carbocycles. The van der Waals surface area contributed by atoms with Crippen molar-refractivity contribution in [2.75, 3.05) is 6.54 Å². The fraction of sp³-hybridized carbons (Fsp3) is 0.154. The highest BCUT2D eigenvalue weighted by Crippen LogP contribution is 2.35. The summed E-state index contributed by atoms with van der Waals surface area (Å²) in [6.45, 7) is 7.30. The highest BCUT2D eigenvalue weighted by atomic mass is 16.2. The van der Waals surface area contributed by atoms with Gasteiger partial charge < -0.3 is 9.47 Å². The molecule has 0 aliphatic carbocycles. The predicted molar refractivity (Wildman–Crippen MR) is 120 cm³/mol. The van der Waals surface area contributed by atoms with Crippen molar-refractivity contribution < 1.29 is 4.79 Å². The Morgan fingerprint density at radius 1 is 1.07 bits per heavy atom. The van der Waals surface area contributed by atoms with Crippen LogP contribution < -0.4 is 0 Å². The van der Waals surface area contributed by atoms with Gasteiger partial charge in [-0.15, -0.1) is 6.58 Å². The highest BCUT2D eigenvalue weighted by Gasteiger charge is 2.31. The van der Waals surface area contributed by atoms with Crippen LogP contribution in [0.4, 0.5) is 0 Å². The standard InChI is InChI=1S/C26H23N3O/c1-3-21-17-28(16-19-10-5-4-6-11-19)26(30)22-13-8-14-23-24(22)29(21)25(27-23)20-12-7-9-18(2)15-20/h3-15,21H,1,16-17H2,2H3/t21-/m1/s1. The normalized spacial score (nSPS) is 16.0. The summed E-state index contributed by atoms with van der Waals surface area (Å²) in [5.41, 5.74) is 5.76. The number of carbonyl (C=O) groups is 1. The summed E-state index contributed by atoms with van der Waals surface area (Å²) in [4.78, 5) is 20.4. The van der Waals surface area contributed by atoms with Crippen LogP contribution in [0.15, 0.2) is 85.5 Å². The summed E-state index contributed by atoms with van der Waals surface area (Å²) >= 11 is 0. The summed E-state index contributed by atoms with van der Waals surface area (Å²) in [6, 6.07) is 24.2. The van der Waals surface area contributed by atoms with Crippen molar-refractivity contribution in [3.63, 3.8) is 0 Å². The number of hydrogen-bond acceptors (Lipinski definition) is 2. The molecule has 0 saturated heterocycles. The zero-order valence-electron chi connectivity index (χ0n) is 17.0. The van der Waals surface area contributed by atoms with Crippen LogP contribution in [0.1, 0.15) is 27.5 Å². The minimum atomic E-state index is -0.0678. The highest BCUT2D eigenvalue weighted by molar-refractivity contribution is 6.06. The van der Waals surface area contributed by atoms with Gasteiger partial charge in [0.1, 0.15) is 5.82 Å². The van der Waals surface area contributed by atoms with Gasteiger partial charge in [0.25, 0.3) is 5.91 Å². The summed E-state index contributed by atoms with van der Waals surface area (Å²) < 4.78 is 2.19. The first kappa shape index (κ1) is 18.4. The molecule has 4 nitrogen and oxygen atoms in total. The number of amides is 1. The number of para-hydroxylation sites is 1. The number of benzene rings is 3. The maximum absolute atomic E-state index is 13.5. The Morgan fingerprint density at radius 2 is 1.87 bits per heavy atom. The molecule has 5 rings (SSSR count). The molecule has 30 heavy (non-hydrogen) atoms. The maximum Gasteiger partial charge on any atom is 0.256 e. The second kappa shape index (κ2) is 7.30. The topological polar surface area (TPSA) is 38.1 Å². The quantitative estimate of drug-likeness (QED) is 0.436. The number of imidazole rings is 1. The van der Waals surface area contributed by atoms with E-state index in [1.54, 1.807) is 0 Å². The minimum Gasteiger partial charge on any atom is -0.332 e. The van der Waals surface area contributed by atoms with Crippen LogP contribution >= 0.6 is 0 Å². The molecule has 0 radical (unpaired) electrons. The molecule has 1 aliphatic rings. The molecule has 4 heteroatoms. The summed E-state index contributed by atoms with van der Waals surface area (Å²) in [7, 11) is 0. The Hall–Kier alpha value is -3.66. The molecule has 1 atom stereocenters. The number of hydrogen-bond donors (Lipinski definition) is 0. The van der Waals surface area contributed by atoms with Crippen LogP contribution in [-0.4, -0.2) is 26.9 Å². The number of carbonyl (C=O) groups excluding carboxylic acids is 1. The molecule has 2 heterocycles. The van der Waals surface area contributed by atoms with E-state index in [0.29, 0.717) is 18.7 Å². The van der Waals surface area contributed by atoms with Gasteiger partial charge in [-0.3, -0.25) is 4.79 Å². The average molecular weight is 393 g/mol. The molecular formula is C26H23N3O. The van der Waals surface area contributed by atoms with E-state index in [2.05, 4.69) is 48.4 Å². The molecule has 0 N–H and O–H groups in total. The summed E-state index contributed by atoms with van der Waals surface area (Å²) in [5.74, 6) is 0.908. The van der Waals surface area contributed by atoms with Gasteiger partial charge in [-0.05, 0) is 30.7 Å². The number of rotatable bonds is 4. The lowest BCUT2D eigenvalue weighted by Crippen LogP contribution is -2.33. The van der Waals surface area contributed by atoms with Crippen LogP contribution in [0.2, 0.25) is 0 Å². The Morgan fingerprint density at radius 3 is 2.63 bits per heavy atom. The number of aromatic nitrogens is 2. The van der Waals surface area contributed by atoms with Crippen LogP contribution in [0.25, 0.3) is 22.4 Å². The van der Waals surface area contributed by atoms with Gasteiger partial charge in [-0.25, -0.2) is 4.98 Å². The van der Waals surface area contributed by atoms with Crippen LogP contribution in [-0.2, 0) is 6.54 Å². The molecule has 1 amide bonds. The monoisotopic (exact) mass is 393 g/mol. The van der Waals surface area contributed by atoms with E-state index >= 15 is 0 Å². The lowest BCUT2D eigenvalue weighted by molar-refractivity contribution is 0.0738. The molecule has 0 fully saturated rings. The molecule has 0 bridgehead atoms. The number of aryl methyl sites for hydroxylation is 1. The van der Waals surface area contributed by atoms with Gasteiger partial charge in [-0.2, -0.15) is 0 Å². The molecule has 148 valence electrons. The van der Waals surface area contributed by atoms with Crippen molar-refractivity contribution in [3.05, 3.63) is 102 Å². The Kier molecular flexibility index (Phi) is 4.47. The molecule has 4 aromatic rings. The Labute approximate surface area is 176 Å². The van der Waals surface area contributed by atoms with Gasteiger partial charge in [0.2, 0.25) is 0 Å². The largest absolute Gasteiger partial charge is 0.332 e. The van der Waals surface area contributed by atoms with Crippen LogP contribution in [0.5, 0.6) is 0 Å². The lowest BCUT2D eigenvalue weighted by Gasteiger charge is -2.25. The average Bonchev–Trinajstić information content (AvgIpc) is 3.11. The smallest absolute Gasteiger partial charge is 0.256 e. The first-order valence-corrected chi connectivity index (χ1v) is 10.2. The fourth-order valence-corrected chi connectivity index (χ4v) is 4.31. The van der Waals surface area contributed by atoms with Crippen molar-refractivity contribution in [2.45, 2.75) is 19.5 Å². The second-order valence-electron chi connectivity index (χ2n) is 7.82. The third kappa shape index (κ3) is 3.01. The van der Waals surface area contributed by atoms with E-state index in [1.165, 1.54) is 5.56 Å². The minimum absolute atomic E-state index is 0.0331. The zero-order valence-corrected chi connectivity index (χ0v) is 17.0. The van der Waals surface area contributed by atoms with Crippen LogP contribution in [0, 0.1) is 6.92 Å². The van der Waals surface area contributed by atoms with E-state index in [4.69, 9.17) is 4.98 Å². The second-order valence-corrected chi connectivity index (χ2v) is 7.82. The molecular weight excluding hydrogens is 370 g/mol. The third-order valence-electron chi connectivity index (χ3n) is 5.73. The SMILES string of the molecule is C=C[C@@H]1CN(Cc2ccccc2)C(=O)c2cccc3nc(-c4cccc(C)c4)n1c23. The Balaban J connectivity index is 1.69. The van der Waals surface area contributed by atoms with Crippen molar-refractivity contribution in [1.29, 1.82) is 0 Å². The fourth-order valence-electron chi connectivity index (χ4n) is 4.31. The van der Waals surface area contributed by atoms with Gasteiger partial charge >= 0.3 is 0 Å². The van der Waals surface area contributed by atoms with Crippen molar-refractivity contribution in [3.8, 4) is 11.4 Å². The van der Waals surface area contributed by atoms with Crippen LogP contribution in [0.3, 0.4) is 0 Å². The van der Waals surface area contributed by atoms with Gasteiger partial charge in [0.15, 0.2) is 0 Å². The number of nitrogens with zero attached hydrogens (tertiary/aromatic N) is 3.